The summed E-state index contributed by atoms with van der Waals surface area (Å²) in [7, 11) is 0. The predicted octanol–water partition coefficient (Wildman–Crippen LogP) is 1.37. The van der Waals surface area contributed by atoms with Crippen molar-refractivity contribution in [2.45, 2.75) is 18.9 Å². The zero-order chi connectivity index (χ0) is 11.8. The van der Waals surface area contributed by atoms with Crippen LogP contribution in [0.5, 0.6) is 0 Å². The van der Waals surface area contributed by atoms with Gasteiger partial charge in [0.05, 0.1) is 18.3 Å². The summed E-state index contributed by atoms with van der Waals surface area (Å²) in [5.41, 5.74) is 7.87. The number of oxazole rings is 1. The number of anilines is 2. The smallest absolute Gasteiger partial charge is 0.298 e. The van der Waals surface area contributed by atoms with Crippen molar-refractivity contribution < 1.29 is 9.52 Å². The Balaban J connectivity index is 2.03. The molecule has 3 N–H and O–H groups in total. The Morgan fingerprint density at radius 2 is 2.41 bits per heavy atom. The molecule has 1 aliphatic heterocycles. The average Bonchev–Trinajstić information content (AvgIpc) is 2.94. The molecular formula is C12H15N3O2. The Bertz CT molecular complexity index is 538. The molecule has 1 saturated heterocycles. The number of hydrogen-bond donors (Lipinski definition) is 2. The number of nitrogens with zero attached hydrogens (tertiary/aromatic N) is 2. The van der Waals surface area contributed by atoms with Crippen LogP contribution in [0.3, 0.4) is 0 Å². The maximum absolute atomic E-state index is 9.29. The maximum Gasteiger partial charge on any atom is 0.298 e. The predicted molar refractivity (Wildman–Crippen MR) is 65.9 cm³/mol. The van der Waals surface area contributed by atoms with Gasteiger partial charge in [-0.05, 0) is 25.0 Å². The highest BCUT2D eigenvalue weighted by Crippen LogP contribution is 2.30. The van der Waals surface area contributed by atoms with E-state index in [9.17, 15) is 5.11 Å². The van der Waals surface area contributed by atoms with E-state index in [1.54, 1.807) is 0 Å². The van der Waals surface area contributed by atoms with Gasteiger partial charge in [0.2, 0.25) is 0 Å². The fraction of sp³-hybridized carbons (Fsp3) is 0.417. The highest BCUT2D eigenvalue weighted by Gasteiger charge is 2.27. The van der Waals surface area contributed by atoms with Gasteiger partial charge in [0.25, 0.3) is 6.01 Å². The van der Waals surface area contributed by atoms with Crippen LogP contribution in [0.2, 0.25) is 0 Å². The fourth-order valence-corrected chi connectivity index (χ4v) is 2.36. The van der Waals surface area contributed by atoms with Gasteiger partial charge in [0.15, 0.2) is 5.58 Å². The van der Waals surface area contributed by atoms with Gasteiger partial charge in [-0.3, -0.25) is 0 Å². The van der Waals surface area contributed by atoms with Gasteiger partial charge in [0, 0.05) is 6.54 Å². The van der Waals surface area contributed by atoms with Gasteiger partial charge in [0.1, 0.15) is 5.52 Å². The van der Waals surface area contributed by atoms with Gasteiger partial charge < -0.3 is 20.2 Å². The highest BCUT2D eigenvalue weighted by molar-refractivity contribution is 5.86. The van der Waals surface area contributed by atoms with Gasteiger partial charge in [-0.2, -0.15) is 4.98 Å². The van der Waals surface area contributed by atoms with E-state index in [4.69, 9.17) is 10.2 Å². The summed E-state index contributed by atoms with van der Waals surface area (Å²) < 4.78 is 5.69. The van der Waals surface area contributed by atoms with Crippen molar-refractivity contribution in [3.05, 3.63) is 18.2 Å². The summed E-state index contributed by atoms with van der Waals surface area (Å²) in [5, 5.41) is 9.29. The molecule has 3 rings (SSSR count). The second-order valence-electron chi connectivity index (χ2n) is 4.36. The Morgan fingerprint density at radius 1 is 1.53 bits per heavy atom. The van der Waals surface area contributed by atoms with Crippen molar-refractivity contribution in [2.24, 2.45) is 0 Å². The Labute approximate surface area is 98.8 Å². The number of benzene rings is 1. The summed E-state index contributed by atoms with van der Waals surface area (Å²) in [4.78, 5) is 6.43. The fourth-order valence-electron chi connectivity index (χ4n) is 2.36. The van der Waals surface area contributed by atoms with Crippen molar-refractivity contribution >= 4 is 22.8 Å². The molecule has 0 spiro atoms. The number of aliphatic hydroxyl groups excluding tert-OH is 1. The minimum absolute atomic E-state index is 0.115. The van der Waals surface area contributed by atoms with Crippen LogP contribution in [0.1, 0.15) is 12.8 Å². The average molecular weight is 233 g/mol. The number of aliphatic hydroxyl groups is 1. The highest BCUT2D eigenvalue weighted by atomic mass is 16.4. The minimum atomic E-state index is 0.115. The molecule has 0 bridgehead atoms. The Kier molecular flexibility index (Phi) is 2.40. The summed E-state index contributed by atoms with van der Waals surface area (Å²) in [5.74, 6) is 0. The third kappa shape index (κ3) is 1.63. The zero-order valence-electron chi connectivity index (χ0n) is 9.47. The van der Waals surface area contributed by atoms with Crippen molar-refractivity contribution in [1.29, 1.82) is 0 Å². The van der Waals surface area contributed by atoms with Crippen molar-refractivity contribution in [3.8, 4) is 0 Å². The first kappa shape index (κ1) is 10.4. The SMILES string of the molecule is Nc1cccc2oc(N3CCCC3CO)nc12. The minimum Gasteiger partial charge on any atom is -0.423 e. The summed E-state index contributed by atoms with van der Waals surface area (Å²) in [6.45, 7) is 1.01. The topological polar surface area (TPSA) is 75.5 Å². The molecule has 0 radical (unpaired) electrons. The lowest BCUT2D eigenvalue weighted by molar-refractivity contribution is 0.263. The van der Waals surface area contributed by atoms with Gasteiger partial charge in [-0.15, -0.1) is 0 Å². The molecule has 1 aromatic carbocycles. The van der Waals surface area contributed by atoms with E-state index < -0.39 is 0 Å². The maximum atomic E-state index is 9.29. The molecular weight excluding hydrogens is 218 g/mol. The standard InChI is InChI=1S/C12H15N3O2/c13-9-4-1-5-10-11(9)14-12(17-10)15-6-2-3-8(15)7-16/h1,4-5,8,16H,2-3,6-7,13H2. The third-order valence-corrected chi connectivity index (χ3v) is 3.27. The quantitative estimate of drug-likeness (QED) is 0.766. The largest absolute Gasteiger partial charge is 0.423 e. The van der Waals surface area contributed by atoms with Crippen LogP contribution in [-0.4, -0.2) is 29.3 Å². The number of hydrogen-bond acceptors (Lipinski definition) is 5. The monoisotopic (exact) mass is 233 g/mol. The lowest BCUT2D eigenvalue weighted by Crippen LogP contribution is -2.32. The molecule has 0 aliphatic carbocycles. The summed E-state index contributed by atoms with van der Waals surface area (Å²) >= 11 is 0. The molecule has 1 aliphatic rings. The second-order valence-corrected chi connectivity index (χ2v) is 4.36. The van der Waals surface area contributed by atoms with Crippen LogP contribution in [0.25, 0.3) is 11.1 Å². The van der Waals surface area contributed by atoms with Gasteiger partial charge >= 0.3 is 0 Å². The van der Waals surface area contributed by atoms with Crippen LogP contribution < -0.4 is 10.6 Å². The number of fused-ring (bicyclic) bond motifs is 1. The molecule has 1 atom stereocenters. The molecule has 90 valence electrons. The molecule has 1 unspecified atom stereocenters. The van der Waals surface area contributed by atoms with Gasteiger partial charge in [-0.25, -0.2) is 0 Å². The molecule has 2 aromatic rings. The first-order chi connectivity index (χ1) is 8.29. The van der Waals surface area contributed by atoms with E-state index in [2.05, 4.69) is 4.98 Å². The van der Waals surface area contributed by atoms with E-state index in [0.29, 0.717) is 22.8 Å². The normalized spacial score (nSPS) is 20.3. The van der Waals surface area contributed by atoms with Crippen LogP contribution in [-0.2, 0) is 0 Å². The Hall–Kier alpha value is -1.75. The van der Waals surface area contributed by atoms with Crippen molar-refractivity contribution in [2.75, 3.05) is 23.8 Å². The molecule has 5 nitrogen and oxygen atoms in total. The van der Waals surface area contributed by atoms with E-state index in [-0.39, 0.29) is 12.6 Å². The molecule has 0 saturated carbocycles. The molecule has 5 heteroatoms. The van der Waals surface area contributed by atoms with Crippen molar-refractivity contribution in [1.82, 2.24) is 4.98 Å². The zero-order valence-corrected chi connectivity index (χ0v) is 9.47. The summed E-state index contributed by atoms with van der Waals surface area (Å²) in [6.07, 6.45) is 2.03. The van der Waals surface area contributed by atoms with Gasteiger partial charge in [-0.1, -0.05) is 6.07 Å². The van der Waals surface area contributed by atoms with Crippen molar-refractivity contribution in [3.63, 3.8) is 0 Å². The number of rotatable bonds is 2. The van der Waals surface area contributed by atoms with Crippen LogP contribution in [0.15, 0.2) is 22.6 Å². The lowest BCUT2D eigenvalue weighted by Gasteiger charge is -2.20. The molecule has 0 amide bonds. The lowest BCUT2D eigenvalue weighted by atomic mass is 10.2. The van der Waals surface area contributed by atoms with Crippen LogP contribution in [0.4, 0.5) is 11.7 Å². The molecule has 17 heavy (non-hydrogen) atoms. The van der Waals surface area contributed by atoms with Crippen LogP contribution in [0, 0.1) is 0 Å². The van der Waals surface area contributed by atoms with E-state index in [1.807, 2.05) is 23.1 Å². The third-order valence-electron chi connectivity index (χ3n) is 3.27. The molecule has 2 heterocycles. The second kappa shape index (κ2) is 3.92. The summed E-state index contributed by atoms with van der Waals surface area (Å²) in [6, 6.07) is 6.19. The Morgan fingerprint density at radius 3 is 3.18 bits per heavy atom. The number of nitrogen functional groups attached to an aromatic ring is 1. The number of aromatic nitrogens is 1. The van der Waals surface area contributed by atoms with E-state index in [0.717, 1.165) is 19.4 Å². The van der Waals surface area contributed by atoms with E-state index >= 15 is 0 Å². The number of para-hydroxylation sites is 1. The first-order valence-corrected chi connectivity index (χ1v) is 5.82. The molecule has 1 fully saturated rings. The van der Waals surface area contributed by atoms with E-state index in [1.165, 1.54) is 0 Å². The first-order valence-electron chi connectivity index (χ1n) is 5.82. The van der Waals surface area contributed by atoms with Crippen LogP contribution >= 0.6 is 0 Å². The molecule has 1 aromatic heterocycles. The number of nitrogens with two attached hydrogens (primary N) is 1.